The summed E-state index contributed by atoms with van der Waals surface area (Å²) in [6.07, 6.45) is -3.11. The Morgan fingerprint density at radius 1 is 0.955 bits per heavy atom. The second-order valence-corrected chi connectivity index (χ2v) is 5.43. The summed E-state index contributed by atoms with van der Waals surface area (Å²) in [7, 11) is 0. The van der Waals surface area contributed by atoms with Crippen LogP contribution >= 0.6 is 34.8 Å². The maximum absolute atomic E-state index is 12.6. The van der Waals surface area contributed by atoms with Crippen LogP contribution in [-0.4, -0.2) is 6.21 Å². The summed E-state index contributed by atoms with van der Waals surface area (Å²) in [5.74, 6) is 0. The molecule has 0 bridgehead atoms. The fourth-order valence-electron chi connectivity index (χ4n) is 1.59. The molecule has 0 saturated heterocycles. The Balaban J connectivity index is 2.22. The molecule has 0 aliphatic heterocycles. The first-order valence-corrected chi connectivity index (χ1v) is 7.02. The molecule has 0 aliphatic rings. The van der Waals surface area contributed by atoms with Crippen molar-refractivity contribution in [1.29, 1.82) is 0 Å². The summed E-state index contributed by atoms with van der Waals surface area (Å²) in [4.78, 5) is 0. The molecule has 8 heteroatoms. The van der Waals surface area contributed by atoms with E-state index < -0.39 is 11.7 Å². The monoisotopic (exact) mass is 366 g/mol. The summed E-state index contributed by atoms with van der Waals surface area (Å²) in [6.45, 7) is 0. The summed E-state index contributed by atoms with van der Waals surface area (Å²) in [5.41, 5.74) is 2.31. The molecule has 22 heavy (non-hydrogen) atoms. The molecule has 0 amide bonds. The molecule has 0 spiro atoms. The Bertz CT molecular complexity index is 692. The van der Waals surface area contributed by atoms with Crippen LogP contribution in [0.3, 0.4) is 0 Å². The van der Waals surface area contributed by atoms with E-state index in [9.17, 15) is 13.2 Å². The predicted molar refractivity (Wildman–Crippen MR) is 84.1 cm³/mol. The van der Waals surface area contributed by atoms with Crippen LogP contribution < -0.4 is 5.43 Å². The first-order valence-electron chi connectivity index (χ1n) is 5.89. The van der Waals surface area contributed by atoms with Gasteiger partial charge in [0.05, 0.1) is 27.5 Å². The highest BCUT2D eigenvalue weighted by molar-refractivity contribution is 6.39. The van der Waals surface area contributed by atoms with Crippen molar-refractivity contribution in [3.05, 3.63) is 62.6 Å². The van der Waals surface area contributed by atoms with E-state index in [0.29, 0.717) is 10.6 Å². The van der Waals surface area contributed by atoms with Crippen LogP contribution in [0.5, 0.6) is 0 Å². The van der Waals surface area contributed by atoms with Gasteiger partial charge in [-0.3, -0.25) is 5.43 Å². The summed E-state index contributed by atoms with van der Waals surface area (Å²) < 4.78 is 37.8. The minimum absolute atomic E-state index is 0.0830. The van der Waals surface area contributed by atoms with Crippen LogP contribution in [0.25, 0.3) is 0 Å². The lowest BCUT2D eigenvalue weighted by molar-refractivity contribution is -0.137. The quantitative estimate of drug-likeness (QED) is 0.513. The van der Waals surface area contributed by atoms with Gasteiger partial charge in [0.25, 0.3) is 0 Å². The number of hydrazone groups is 1. The molecule has 116 valence electrons. The highest BCUT2D eigenvalue weighted by Gasteiger charge is 2.32. The maximum Gasteiger partial charge on any atom is 0.416 e. The number of nitrogens with one attached hydrogen (secondary N) is 1. The van der Waals surface area contributed by atoms with Crippen LogP contribution in [0.4, 0.5) is 18.9 Å². The van der Waals surface area contributed by atoms with Crippen molar-refractivity contribution in [3.8, 4) is 0 Å². The van der Waals surface area contributed by atoms with Gasteiger partial charge in [-0.05, 0) is 18.2 Å². The molecule has 1 N–H and O–H groups in total. The van der Waals surface area contributed by atoms with Crippen molar-refractivity contribution < 1.29 is 13.2 Å². The van der Waals surface area contributed by atoms with Gasteiger partial charge in [0, 0.05) is 10.6 Å². The Morgan fingerprint density at radius 2 is 1.55 bits per heavy atom. The van der Waals surface area contributed by atoms with Crippen LogP contribution in [0.2, 0.25) is 15.1 Å². The number of alkyl halides is 3. The summed E-state index contributed by atoms with van der Waals surface area (Å²) >= 11 is 17.6. The highest BCUT2D eigenvalue weighted by Crippen LogP contribution is 2.38. The number of nitrogens with zero attached hydrogens (tertiary/aromatic N) is 1. The van der Waals surface area contributed by atoms with Gasteiger partial charge in [-0.2, -0.15) is 18.3 Å². The third-order valence-corrected chi connectivity index (χ3v) is 3.60. The molecule has 0 saturated carbocycles. The Morgan fingerprint density at radius 3 is 2.09 bits per heavy atom. The van der Waals surface area contributed by atoms with Crippen LogP contribution in [0, 0.1) is 0 Å². The van der Waals surface area contributed by atoms with Crippen molar-refractivity contribution in [3.63, 3.8) is 0 Å². The zero-order chi connectivity index (χ0) is 16.3. The fraction of sp³-hybridized carbons (Fsp3) is 0.0714. The van der Waals surface area contributed by atoms with E-state index in [2.05, 4.69) is 10.5 Å². The summed E-state index contributed by atoms with van der Waals surface area (Å²) in [5, 5.41) is 3.99. The molecule has 0 radical (unpaired) electrons. The zero-order valence-electron chi connectivity index (χ0n) is 10.8. The van der Waals surface area contributed by atoms with Crippen LogP contribution in [0.15, 0.2) is 41.5 Å². The largest absolute Gasteiger partial charge is 0.416 e. The van der Waals surface area contributed by atoms with Gasteiger partial charge in [0.1, 0.15) is 0 Å². The predicted octanol–water partition coefficient (Wildman–Crippen LogP) is 6.11. The minimum atomic E-state index is -4.52. The number of hydrogen-bond acceptors (Lipinski definition) is 2. The average molecular weight is 368 g/mol. The second-order valence-electron chi connectivity index (χ2n) is 4.20. The van der Waals surface area contributed by atoms with Gasteiger partial charge in [0.2, 0.25) is 0 Å². The lowest BCUT2D eigenvalue weighted by Gasteiger charge is -2.11. The topological polar surface area (TPSA) is 24.4 Å². The molecule has 2 nitrogen and oxygen atoms in total. The molecule has 0 heterocycles. The van der Waals surface area contributed by atoms with Gasteiger partial charge in [0.15, 0.2) is 0 Å². The third-order valence-electron chi connectivity index (χ3n) is 2.65. The van der Waals surface area contributed by atoms with Crippen molar-refractivity contribution in [2.24, 2.45) is 5.10 Å². The minimum Gasteiger partial charge on any atom is -0.275 e. The van der Waals surface area contributed by atoms with E-state index in [0.717, 1.165) is 12.1 Å². The van der Waals surface area contributed by atoms with Gasteiger partial charge in [-0.25, -0.2) is 0 Å². The van der Waals surface area contributed by atoms with E-state index in [-0.39, 0.29) is 15.7 Å². The number of halogens is 6. The number of benzene rings is 2. The molecule has 0 unspecified atom stereocenters. The molecular weight excluding hydrogens is 360 g/mol. The van der Waals surface area contributed by atoms with Gasteiger partial charge in [-0.1, -0.05) is 53.0 Å². The molecule has 0 aliphatic carbocycles. The first kappa shape index (κ1) is 16.9. The van der Waals surface area contributed by atoms with E-state index in [1.165, 1.54) is 6.21 Å². The summed E-state index contributed by atoms with van der Waals surface area (Å²) in [6, 6.07) is 8.49. The number of rotatable bonds is 3. The van der Waals surface area contributed by atoms with E-state index in [1.54, 1.807) is 24.3 Å². The van der Waals surface area contributed by atoms with Crippen LogP contribution in [-0.2, 0) is 6.18 Å². The Kier molecular flexibility index (Phi) is 5.21. The third kappa shape index (κ3) is 4.06. The van der Waals surface area contributed by atoms with Crippen molar-refractivity contribution >= 4 is 46.7 Å². The van der Waals surface area contributed by atoms with Gasteiger partial charge >= 0.3 is 6.18 Å². The van der Waals surface area contributed by atoms with Gasteiger partial charge in [-0.15, -0.1) is 0 Å². The van der Waals surface area contributed by atoms with E-state index in [1.807, 2.05) is 0 Å². The Labute approximate surface area is 139 Å². The SMILES string of the molecule is FC(F)(F)c1cc(Cl)c(N/N=C\c2ccccc2Cl)c(Cl)c1. The molecule has 0 aromatic heterocycles. The lowest BCUT2D eigenvalue weighted by atomic mass is 10.2. The zero-order valence-corrected chi connectivity index (χ0v) is 13.0. The van der Waals surface area contributed by atoms with Crippen molar-refractivity contribution in [1.82, 2.24) is 0 Å². The van der Waals surface area contributed by atoms with Crippen LogP contribution in [0.1, 0.15) is 11.1 Å². The maximum atomic E-state index is 12.6. The molecule has 2 rings (SSSR count). The van der Waals surface area contributed by atoms with Crippen molar-refractivity contribution in [2.75, 3.05) is 5.43 Å². The smallest absolute Gasteiger partial charge is 0.275 e. The molecule has 0 atom stereocenters. The van der Waals surface area contributed by atoms with E-state index in [4.69, 9.17) is 34.8 Å². The second kappa shape index (κ2) is 6.77. The standard InChI is InChI=1S/C14H8Cl3F3N2/c15-10-4-2-1-3-8(10)7-21-22-13-11(16)5-9(6-12(13)17)14(18,19)20/h1-7,22H/b21-7-. The molecule has 2 aromatic rings. The highest BCUT2D eigenvalue weighted by atomic mass is 35.5. The van der Waals surface area contributed by atoms with Crippen molar-refractivity contribution in [2.45, 2.75) is 6.18 Å². The molecular formula is C14H8Cl3F3N2. The lowest BCUT2D eigenvalue weighted by Crippen LogP contribution is -2.05. The number of hydrogen-bond donors (Lipinski definition) is 1. The Hall–Kier alpha value is -1.43. The molecule has 2 aromatic carbocycles. The normalized spacial score (nSPS) is 11.9. The van der Waals surface area contributed by atoms with E-state index >= 15 is 0 Å². The first-order chi connectivity index (χ1) is 10.3. The molecule has 0 fully saturated rings. The van der Waals surface area contributed by atoms with Gasteiger partial charge < -0.3 is 0 Å². The fourth-order valence-corrected chi connectivity index (χ4v) is 2.35. The average Bonchev–Trinajstić information content (AvgIpc) is 2.42. The number of anilines is 1.